The maximum absolute atomic E-state index is 5.34. The summed E-state index contributed by atoms with van der Waals surface area (Å²) in [5, 5.41) is 0. The molecule has 52 valence electrons. The van der Waals surface area contributed by atoms with Gasteiger partial charge in [-0.1, -0.05) is 0 Å². The Morgan fingerprint density at radius 2 is 2.56 bits per heavy atom. The van der Waals surface area contributed by atoms with E-state index >= 15 is 0 Å². The molecule has 3 heteroatoms. The van der Waals surface area contributed by atoms with Crippen LogP contribution in [-0.2, 0) is 0 Å². The first kappa shape index (κ1) is 6.55. The number of hydrogen-bond donors (Lipinski definition) is 1. The van der Waals surface area contributed by atoms with Gasteiger partial charge in [0.05, 0.1) is 12.9 Å². The van der Waals surface area contributed by atoms with Crippen LogP contribution >= 0.6 is 0 Å². The Labute approximate surface area is 55.6 Å². The van der Waals surface area contributed by atoms with E-state index in [4.69, 9.17) is 5.73 Å². The lowest BCUT2D eigenvalue weighted by molar-refractivity contribution is 0.459. The molecule has 0 spiro atoms. The average Bonchev–Trinajstić information content (AvgIpc) is 2.34. The molecule has 9 heavy (non-hydrogen) atoms. The van der Waals surface area contributed by atoms with E-state index in [9.17, 15) is 0 Å². The molecule has 1 aliphatic heterocycles. The molecule has 0 bridgehead atoms. The summed E-state index contributed by atoms with van der Waals surface area (Å²) >= 11 is 0. The van der Waals surface area contributed by atoms with Crippen molar-refractivity contribution in [2.45, 2.75) is 6.42 Å². The number of aliphatic imine (C=N–C) groups is 1. The molecule has 0 fully saturated rings. The van der Waals surface area contributed by atoms with Crippen LogP contribution in [-0.4, -0.2) is 37.4 Å². The van der Waals surface area contributed by atoms with Crippen molar-refractivity contribution >= 4 is 6.34 Å². The molecule has 0 aromatic rings. The Morgan fingerprint density at radius 3 is 3.11 bits per heavy atom. The standard InChI is InChI=1S/C6H13N3/c7-2-1-4-9-5-3-8-6-9/h6H,1-5,7H2. The molecule has 0 aromatic carbocycles. The van der Waals surface area contributed by atoms with Crippen molar-refractivity contribution in [2.24, 2.45) is 10.7 Å². The third kappa shape index (κ3) is 2.01. The molecule has 1 aliphatic rings. The molecule has 0 aliphatic carbocycles. The van der Waals surface area contributed by atoms with Gasteiger partial charge in [0, 0.05) is 13.1 Å². The van der Waals surface area contributed by atoms with Crippen molar-refractivity contribution in [2.75, 3.05) is 26.2 Å². The Balaban J connectivity index is 2.05. The maximum atomic E-state index is 5.34. The van der Waals surface area contributed by atoms with E-state index in [1.807, 2.05) is 6.34 Å². The predicted octanol–water partition coefficient (Wildman–Crippen LogP) is -0.321. The van der Waals surface area contributed by atoms with Gasteiger partial charge in [0.1, 0.15) is 0 Å². The van der Waals surface area contributed by atoms with Crippen LogP contribution < -0.4 is 5.73 Å². The van der Waals surface area contributed by atoms with Gasteiger partial charge in [0.25, 0.3) is 0 Å². The molecule has 0 unspecified atom stereocenters. The first-order valence-electron chi connectivity index (χ1n) is 3.37. The van der Waals surface area contributed by atoms with Crippen LogP contribution in [0.4, 0.5) is 0 Å². The second-order valence-electron chi connectivity index (χ2n) is 2.20. The normalized spacial score (nSPS) is 17.2. The lowest BCUT2D eigenvalue weighted by Crippen LogP contribution is -2.22. The fraction of sp³-hybridized carbons (Fsp3) is 0.833. The third-order valence-corrected chi connectivity index (χ3v) is 1.41. The number of nitrogens with two attached hydrogens (primary N) is 1. The van der Waals surface area contributed by atoms with Crippen LogP contribution in [0, 0.1) is 0 Å². The van der Waals surface area contributed by atoms with E-state index in [-0.39, 0.29) is 0 Å². The van der Waals surface area contributed by atoms with Gasteiger partial charge in [-0.25, -0.2) is 0 Å². The highest BCUT2D eigenvalue weighted by molar-refractivity contribution is 5.56. The number of nitrogens with zero attached hydrogens (tertiary/aromatic N) is 2. The first-order valence-corrected chi connectivity index (χ1v) is 3.37. The third-order valence-electron chi connectivity index (χ3n) is 1.41. The van der Waals surface area contributed by atoms with Crippen molar-refractivity contribution in [1.82, 2.24) is 4.90 Å². The van der Waals surface area contributed by atoms with Gasteiger partial charge in [0.2, 0.25) is 0 Å². The van der Waals surface area contributed by atoms with E-state index in [1.165, 1.54) is 0 Å². The lowest BCUT2D eigenvalue weighted by atomic mass is 10.4. The summed E-state index contributed by atoms with van der Waals surface area (Å²) in [6.07, 6.45) is 2.99. The van der Waals surface area contributed by atoms with Gasteiger partial charge in [-0.05, 0) is 13.0 Å². The molecule has 1 heterocycles. The largest absolute Gasteiger partial charge is 0.361 e. The highest BCUT2D eigenvalue weighted by Crippen LogP contribution is 1.92. The molecule has 0 saturated carbocycles. The van der Waals surface area contributed by atoms with Crippen LogP contribution in [0.15, 0.2) is 4.99 Å². The van der Waals surface area contributed by atoms with Crippen LogP contribution in [0.25, 0.3) is 0 Å². The molecule has 0 aromatic heterocycles. The quantitative estimate of drug-likeness (QED) is 0.564. The predicted molar refractivity (Wildman–Crippen MR) is 38.6 cm³/mol. The molecule has 0 amide bonds. The van der Waals surface area contributed by atoms with Gasteiger partial charge in [-0.3, -0.25) is 4.99 Å². The summed E-state index contributed by atoms with van der Waals surface area (Å²) in [7, 11) is 0. The fourth-order valence-electron chi connectivity index (χ4n) is 0.881. The Hall–Kier alpha value is -0.570. The Morgan fingerprint density at radius 1 is 1.67 bits per heavy atom. The van der Waals surface area contributed by atoms with Crippen molar-refractivity contribution in [3.63, 3.8) is 0 Å². The summed E-state index contributed by atoms with van der Waals surface area (Å²) < 4.78 is 0. The van der Waals surface area contributed by atoms with E-state index in [0.717, 1.165) is 32.6 Å². The molecular weight excluding hydrogens is 114 g/mol. The molecule has 2 N–H and O–H groups in total. The minimum Gasteiger partial charge on any atom is -0.361 e. The summed E-state index contributed by atoms with van der Waals surface area (Å²) in [4.78, 5) is 6.28. The van der Waals surface area contributed by atoms with Crippen LogP contribution in [0.1, 0.15) is 6.42 Å². The Kier molecular flexibility index (Phi) is 2.51. The summed E-state index contributed by atoms with van der Waals surface area (Å²) in [5.41, 5.74) is 5.34. The SMILES string of the molecule is NCCCN1C=NCC1. The first-order chi connectivity index (χ1) is 4.43. The van der Waals surface area contributed by atoms with Crippen LogP contribution in [0.3, 0.4) is 0 Å². The summed E-state index contributed by atoms with van der Waals surface area (Å²) in [5.74, 6) is 0. The van der Waals surface area contributed by atoms with Gasteiger partial charge in [0.15, 0.2) is 0 Å². The van der Waals surface area contributed by atoms with Crippen molar-refractivity contribution < 1.29 is 0 Å². The van der Waals surface area contributed by atoms with Crippen molar-refractivity contribution in [1.29, 1.82) is 0 Å². The van der Waals surface area contributed by atoms with Crippen molar-refractivity contribution in [3.8, 4) is 0 Å². The molecule has 0 atom stereocenters. The fourth-order valence-corrected chi connectivity index (χ4v) is 0.881. The van der Waals surface area contributed by atoms with Gasteiger partial charge in [-0.15, -0.1) is 0 Å². The molecule has 0 saturated heterocycles. The zero-order valence-electron chi connectivity index (χ0n) is 5.58. The van der Waals surface area contributed by atoms with E-state index in [1.54, 1.807) is 0 Å². The highest BCUT2D eigenvalue weighted by Gasteiger charge is 2.02. The average molecular weight is 127 g/mol. The van der Waals surface area contributed by atoms with Gasteiger partial charge in [-0.2, -0.15) is 0 Å². The molecular formula is C6H13N3. The van der Waals surface area contributed by atoms with E-state index < -0.39 is 0 Å². The minimum atomic E-state index is 0.782. The smallest absolute Gasteiger partial charge is 0.0851 e. The van der Waals surface area contributed by atoms with Crippen LogP contribution in [0.5, 0.6) is 0 Å². The maximum Gasteiger partial charge on any atom is 0.0851 e. The summed E-state index contributed by atoms with van der Waals surface area (Å²) in [6, 6.07) is 0. The van der Waals surface area contributed by atoms with Gasteiger partial charge < -0.3 is 10.6 Å². The second kappa shape index (κ2) is 3.45. The lowest BCUT2D eigenvalue weighted by Gasteiger charge is -2.11. The topological polar surface area (TPSA) is 41.6 Å². The van der Waals surface area contributed by atoms with E-state index in [2.05, 4.69) is 9.89 Å². The second-order valence-corrected chi connectivity index (χ2v) is 2.20. The molecule has 1 rings (SSSR count). The number of hydrogen-bond acceptors (Lipinski definition) is 3. The monoisotopic (exact) mass is 127 g/mol. The molecule has 0 radical (unpaired) electrons. The number of rotatable bonds is 3. The minimum absolute atomic E-state index is 0.782. The van der Waals surface area contributed by atoms with E-state index in [0.29, 0.717) is 0 Å². The van der Waals surface area contributed by atoms with Gasteiger partial charge >= 0.3 is 0 Å². The zero-order valence-corrected chi connectivity index (χ0v) is 5.58. The zero-order chi connectivity index (χ0) is 6.53. The summed E-state index contributed by atoms with van der Waals surface area (Å²) in [6.45, 7) is 3.90. The van der Waals surface area contributed by atoms with Crippen LogP contribution in [0.2, 0.25) is 0 Å². The highest BCUT2D eigenvalue weighted by atomic mass is 15.2. The Bertz CT molecular complexity index is 100. The van der Waals surface area contributed by atoms with Crippen molar-refractivity contribution in [3.05, 3.63) is 0 Å². The molecule has 3 nitrogen and oxygen atoms in total.